The molecule has 0 atom stereocenters. The maximum atomic E-state index is 14.5. The van der Waals surface area contributed by atoms with Gasteiger partial charge in [0.15, 0.2) is 0 Å². The summed E-state index contributed by atoms with van der Waals surface area (Å²) >= 11 is 0. The fourth-order valence-corrected chi connectivity index (χ4v) is 6.95. The first kappa shape index (κ1) is 27.7. The van der Waals surface area contributed by atoms with E-state index in [2.05, 4.69) is 22.1 Å². The average Bonchev–Trinajstić information content (AvgIpc) is 3.44. The number of alkyl halides is 2. The Balaban J connectivity index is 1.46. The lowest BCUT2D eigenvalue weighted by atomic mass is 9.80. The fraction of sp³-hybridized carbons (Fsp3) is 0.500. The summed E-state index contributed by atoms with van der Waals surface area (Å²) in [5.74, 6) is 0.429. The highest BCUT2D eigenvalue weighted by Gasteiger charge is 2.31. The summed E-state index contributed by atoms with van der Waals surface area (Å²) in [4.78, 5) is 16.5. The molecule has 7 nitrogen and oxygen atoms in total. The van der Waals surface area contributed by atoms with E-state index in [1.54, 1.807) is 42.2 Å². The predicted octanol–water partition coefficient (Wildman–Crippen LogP) is 6.91. The topological polar surface area (TPSA) is 59.8 Å². The van der Waals surface area contributed by atoms with E-state index < -0.39 is 6.43 Å². The van der Waals surface area contributed by atoms with E-state index in [1.165, 1.54) is 18.2 Å². The highest BCUT2D eigenvalue weighted by atomic mass is 19.3. The van der Waals surface area contributed by atoms with Crippen molar-refractivity contribution >= 4 is 17.5 Å². The molecule has 0 spiro atoms. The molecule has 1 saturated carbocycles. The lowest BCUT2D eigenvalue weighted by Crippen LogP contribution is -2.37. The standard InChI is InChI=1S/C32H38F2N4O3/c1-36-18-24(17-35-36)26-14-22-5-4-11-38(29(22)16-27(26)31(33)34)30-15-23(20-6-8-25(40-2)9-7-20)13-21-10-12-37(19-28(21)30)32(39)41-3/h13-18,20,25,31H,4-12,19H2,1-3H3. The van der Waals surface area contributed by atoms with Gasteiger partial charge in [-0.15, -0.1) is 0 Å². The normalized spacial score (nSPS) is 20.6. The van der Waals surface area contributed by atoms with Gasteiger partial charge in [-0.1, -0.05) is 6.07 Å². The van der Waals surface area contributed by atoms with Crippen LogP contribution in [0.15, 0.2) is 36.7 Å². The molecule has 0 N–H and O–H groups in total. The second-order valence-corrected chi connectivity index (χ2v) is 11.6. The number of carbonyl (C=O) groups is 1. The molecule has 1 fully saturated rings. The molecule has 41 heavy (non-hydrogen) atoms. The van der Waals surface area contributed by atoms with Gasteiger partial charge in [0.05, 0.1) is 26.0 Å². The summed E-state index contributed by atoms with van der Waals surface area (Å²) in [7, 11) is 4.99. The quantitative estimate of drug-likeness (QED) is 0.337. The molecule has 2 aromatic carbocycles. The number of amides is 1. The minimum atomic E-state index is -2.62. The summed E-state index contributed by atoms with van der Waals surface area (Å²) < 4.78 is 41.4. The minimum Gasteiger partial charge on any atom is -0.453 e. The van der Waals surface area contributed by atoms with Gasteiger partial charge < -0.3 is 19.3 Å². The number of methoxy groups -OCH3 is 2. The molecular weight excluding hydrogens is 526 g/mol. The van der Waals surface area contributed by atoms with E-state index in [9.17, 15) is 13.6 Å². The summed E-state index contributed by atoms with van der Waals surface area (Å²) in [5, 5.41) is 4.22. The zero-order valence-corrected chi connectivity index (χ0v) is 24.0. The zero-order valence-electron chi connectivity index (χ0n) is 24.0. The van der Waals surface area contributed by atoms with Crippen LogP contribution < -0.4 is 4.90 Å². The van der Waals surface area contributed by atoms with E-state index in [0.29, 0.717) is 36.2 Å². The van der Waals surface area contributed by atoms with Crippen LogP contribution in [0.1, 0.15) is 72.3 Å². The number of hydrogen-bond acceptors (Lipinski definition) is 5. The number of halogens is 2. The Kier molecular flexibility index (Phi) is 7.72. The Bertz CT molecular complexity index is 1430. The Morgan fingerprint density at radius 2 is 1.80 bits per heavy atom. The summed E-state index contributed by atoms with van der Waals surface area (Å²) in [6.07, 6.45) is 7.43. The number of anilines is 2. The van der Waals surface area contributed by atoms with Crippen molar-refractivity contribution in [1.82, 2.24) is 14.7 Å². The second kappa shape index (κ2) is 11.4. The van der Waals surface area contributed by atoms with Gasteiger partial charge in [0.25, 0.3) is 6.43 Å². The number of fused-ring (bicyclic) bond motifs is 2. The highest BCUT2D eigenvalue weighted by molar-refractivity contribution is 5.79. The van der Waals surface area contributed by atoms with Gasteiger partial charge in [-0.25, -0.2) is 13.6 Å². The van der Waals surface area contributed by atoms with Crippen molar-refractivity contribution in [3.63, 3.8) is 0 Å². The van der Waals surface area contributed by atoms with Crippen molar-refractivity contribution in [2.75, 3.05) is 32.2 Å². The number of hydrogen-bond donors (Lipinski definition) is 0. The monoisotopic (exact) mass is 564 g/mol. The van der Waals surface area contributed by atoms with Crippen LogP contribution in [-0.4, -0.2) is 54.2 Å². The van der Waals surface area contributed by atoms with Gasteiger partial charge >= 0.3 is 6.09 Å². The number of rotatable bonds is 5. The second-order valence-electron chi connectivity index (χ2n) is 11.6. The fourth-order valence-electron chi connectivity index (χ4n) is 6.95. The number of carbonyl (C=O) groups excluding carboxylic acids is 1. The van der Waals surface area contributed by atoms with Crippen LogP contribution in [0.2, 0.25) is 0 Å². The van der Waals surface area contributed by atoms with Crippen molar-refractivity contribution in [2.24, 2.45) is 7.05 Å². The predicted molar refractivity (Wildman–Crippen MR) is 154 cm³/mol. The number of aryl methyl sites for hydroxylation is 2. The molecule has 1 aromatic heterocycles. The third-order valence-electron chi connectivity index (χ3n) is 9.16. The smallest absolute Gasteiger partial charge is 0.409 e. The minimum absolute atomic E-state index is 0.0164. The van der Waals surface area contributed by atoms with Crippen LogP contribution in [0.5, 0.6) is 0 Å². The first-order chi connectivity index (χ1) is 19.9. The summed E-state index contributed by atoms with van der Waals surface area (Å²) in [6.45, 7) is 1.77. The first-order valence-electron chi connectivity index (χ1n) is 14.6. The van der Waals surface area contributed by atoms with E-state index >= 15 is 0 Å². The van der Waals surface area contributed by atoms with Crippen LogP contribution in [0.3, 0.4) is 0 Å². The molecule has 0 unspecified atom stereocenters. The highest BCUT2D eigenvalue weighted by Crippen LogP contribution is 2.45. The third kappa shape index (κ3) is 5.32. The van der Waals surface area contributed by atoms with Crippen molar-refractivity contribution in [1.29, 1.82) is 0 Å². The molecule has 1 aliphatic carbocycles. The SMILES string of the molecule is COC(=O)N1CCc2cc(C3CCC(OC)CC3)cc(N3CCCc4cc(-c5cnn(C)c5)c(C(F)F)cc43)c2C1. The molecule has 6 rings (SSSR count). The maximum absolute atomic E-state index is 14.5. The Labute approximate surface area is 240 Å². The van der Waals surface area contributed by atoms with Gasteiger partial charge in [-0.05, 0) is 96.9 Å². The van der Waals surface area contributed by atoms with E-state index in [0.717, 1.165) is 74.0 Å². The van der Waals surface area contributed by atoms with Gasteiger partial charge in [0.2, 0.25) is 0 Å². The van der Waals surface area contributed by atoms with Gasteiger partial charge in [-0.3, -0.25) is 4.68 Å². The van der Waals surface area contributed by atoms with Gasteiger partial charge in [0, 0.05) is 55.9 Å². The van der Waals surface area contributed by atoms with E-state index in [-0.39, 0.29) is 11.7 Å². The maximum Gasteiger partial charge on any atom is 0.409 e. The molecule has 3 heterocycles. The number of aromatic nitrogens is 2. The molecule has 3 aliphatic rings. The largest absolute Gasteiger partial charge is 0.453 e. The van der Waals surface area contributed by atoms with Gasteiger partial charge in [-0.2, -0.15) is 5.10 Å². The van der Waals surface area contributed by atoms with Crippen LogP contribution in [0, 0.1) is 0 Å². The first-order valence-corrected chi connectivity index (χ1v) is 14.6. The molecule has 2 aliphatic heterocycles. The summed E-state index contributed by atoms with van der Waals surface area (Å²) in [5.41, 5.74) is 7.78. The molecule has 9 heteroatoms. The van der Waals surface area contributed by atoms with E-state index in [1.807, 2.05) is 6.07 Å². The Morgan fingerprint density at radius 3 is 2.49 bits per heavy atom. The molecule has 0 radical (unpaired) electrons. The Morgan fingerprint density at radius 1 is 1.00 bits per heavy atom. The third-order valence-corrected chi connectivity index (χ3v) is 9.16. The molecule has 0 saturated heterocycles. The number of benzene rings is 2. The van der Waals surface area contributed by atoms with Crippen molar-refractivity contribution in [2.45, 2.75) is 69.9 Å². The van der Waals surface area contributed by atoms with Crippen LogP contribution in [-0.2, 0) is 35.9 Å². The molecular formula is C32H38F2N4O3. The molecule has 218 valence electrons. The van der Waals surface area contributed by atoms with Crippen molar-refractivity contribution in [3.8, 4) is 11.1 Å². The molecule has 0 bridgehead atoms. The number of ether oxygens (including phenoxy) is 2. The lowest BCUT2D eigenvalue weighted by molar-refractivity contribution is 0.0658. The lowest BCUT2D eigenvalue weighted by Gasteiger charge is -2.38. The van der Waals surface area contributed by atoms with Gasteiger partial charge in [0.1, 0.15) is 0 Å². The van der Waals surface area contributed by atoms with E-state index in [4.69, 9.17) is 9.47 Å². The number of nitrogens with zero attached hydrogens (tertiary/aromatic N) is 4. The van der Waals surface area contributed by atoms with Crippen molar-refractivity contribution < 1.29 is 23.0 Å². The Hall–Kier alpha value is -3.46. The summed E-state index contributed by atoms with van der Waals surface area (Å²) in [6, 6.07) is 8.21. The molecule has 3 aromatic rings. The van der Waals surface area contributed by atoms with Crippen LogP contribution in [0.4, 0.5) is 25.0 Å². The van der Waals surface area contributed by atoms with Crippen molar-refractivity contribution in [3.05, 3.63) is 64.5 Å². The molecule has 1 amide bonds. The zero-order chi connectivity index (χ0) is 28.7. The average molecular weight is 565 g/mol. The van der Waals surface area contributed by atoms with Crippen LogP contribution in [0.25, 0.3) is 11.1 Å². The van der Waals surface area contributed by atoms with Crippen LogP contribution >= 0.6 is 0 Å².